The van der Waals surface area contributed by atoms with Gasteiger partial charge in [-0.2, -0.15) is 0 Å². The van der Waals surface area contributed by atoms with E-state index in [2.05, 4.69) is 17.3 Å². The Labute approximate surface area is 104 Å². The molecule has 0 aliphatic carbocycles. The molecule has 0 unspecified atom stereocenters. The molecule has 2 aromatic rings. The van der Waals surface area contributed by atoms with Crippen molar-refractivity contribution in [2.75, 3.05) is 7.11 Å². The van der Waals surface area contributed by atoms with Crippen LogP contribution in [0.25, 0.3) is 10.6 Å². The molecule has 90 valence electrons. The Morgan fingerprint density at radius 2 is 2.24 bits per heavy atom. The van der Waals surface area contributed by atoms with Gasteiger partial charge < -0.3 is 4.74 Å². The number of aromatic nitrogens is 1. The summed E-state index contributed by atoms with van der Waals surface area (Å²) in [6.45, 7) is 2.12. The molecule has 0 saturated carbocycles. The second kappa shape index (κ2) is 5.27. The van der Waals surface area contributed by atoms with Crippen LogP contribution in [0.1, 0.15) is 19.0 Å². The van der Waals surface area contributed by atoms with Gasteiger partial charge in [-0.15, -0.1) is 11.3 Å². The van der Waals surface area contributed by atoms with E-state index >= 15 is 0 Å². The first kappa shape index (κ1) is 12.0. The van der Waals surface area contributed by atoms with Crippen molar-refractivity contribution in [3.63, 3.8) is 0 Å². The maximum atomic E-state index is 13.3. The van der Waals surface area contributed by atoms with Crippen molar-refractivity contribution in [1.29, 1.82) is 0 Å². The molecule has 4 heteroatoms. The Bertz CT molecular complexity index is 510. The molecule has 2 rings (SSSR count). The van der Waals surface area contributed by atoms with Crippen molar-refractivity contribution >= 4 is 11.3 Å². The predicted molar refractivity (Wildman–Crippen MR) is 68.1 cm³/mol. The number of thiazole rings is 1. The Morgan fingerprint density at radius 3 is 2.94 bits per heavy atom. The Hall–Kier alpha value is -1.42. The molecular formula is C13H14FNOS. The van der Waals surface area contributed by atoms with Gasteiger partial charge in [0.15, 0.2) is 11.6 Å². The number of nitrogens with zero attached hydrogens (tertiary/aromatic N) is 1. The summed E-state index contributed by atoms with van der Waals surface area (Å²) in [6.07, 6.45) is 2.06. The van der Waals surface area contributed by atoms with Gasteiger partial charge in [0.1, 0.15) is 5.01 Å². The highest BCUT2D eigenvalue weighted by Crippen LogP contribution is 2.28. The highest BCUT2D eigenvalue weighted by atomic mass is 32.1. The Balaban J connectivity index is 2.32. The second-order valence-corrected chi connectivity index (χ2v) is 4.60. The van der Waals surface area contributed by atoms with Gasteiger partial charge in [0.05, 0.1) is 12.8 Å². The largest absolute Gasteiger partial charge is 0.494 e. The van der Waals surface area contributed by atoms with Gasteiger partial charge in [0.25, 0.3) is 0 Å². The van der Waals surface area contributed by atoms with E-state index in [4.69, 9.17) is 4.74 Å². The van der Waals surface area contributed by atoms with Crippen LogP contribution in [0.4, 0.5) is 4.39 Å². The monoisotopic (exact) mass is 251 g/mol. The lowest BCUT2D eigenvalue weighted by molar-refractivity contribution is 0.387. The van der Waals surface area contributed by atoms with Crippen LogP contribution in [0.5, 0.6) is 5.75 Å². The maximum Gasteiger partial charge on any atom is 0.165 e. The summed E-state index contributed by atoms with van der Waals surface area (Å²) in [7, 11) is 1.46. The highest BCUT2D eigenvalue weighted by molar-refractivity contribution is 7.13. The zero-order chi connectivity index (χ0) is 12.3. The van der Waals surface area contributed by atoms with Crippen molar-refractivity contribution in [2.24, 2.45) is 0 Å². The fraction of sp³-hybridized carbons (Fsp3) is 0.308. The van der Waals surface area contributed by atoms with E-state index in [1.807, 2.05) is 0 Å². The summed E-state index contributed by atoms with van der Waals surface area (Å²) in [6, 6.07) is 4.82. The average Bonchev–Trinajstić information content (AvgIpc) is 2.79. The fourth-order valence-electron chi connectivity index (χ4n) is 1.60. The van der Waals surface area contributed by atoms with E-state index in [-0.39, 0.29) is 11.6 Å². The molecule has 0 fully saturated rings. The molecule has 17 heavy (non-hydrogen) atoms. The first-order valence-corrected chi connectivity index (χ1v) is 6.41. The van der Waals surface area contributed by atoms with Crippen molar-refractivity contribution < 1.29 is 9.13 Å². The first-order chi connectivity index (χ1) is 8.24. The number of aryl methyl sites for hydroxylation is 1. The summed E-state index contributed by atoms with van der Waals surface area (Å²) in [5.41, 5.74) is 1.99. The first-order valence-electron chi connectivity index (χ1n) is 5.53. The lowest BCUT2D eigenvalue weighted by Crippen LogP contribution is -1.89. The smallest absolute Gasteiger partial charge is 0.165 e. The normalized spacial score (nSPS) is 10.5. The zero-order valence-corrected chi connectivity index (χ0v) is 10.7. The van der Waals surface area contributed by atoms with E-state index in [9.17, 15) is 4.39 Å². The van der Waals surface area contributed by atoms with E-state index in [0.29, 0.717) is 0 Å². The minimum atomic E-state index is -0.346. The molecule has 0 atom stereocenters. The third kappa shape index (κ3) is 2.64. The van der Waals surface area contributed by atoms with Crippen LogP contribution in [0, 0.1) is 5.82 Å². The molecule has 0 saturated heterocycles. The van der Waals surface area contributed by atoms with Gasteiger partial charge in [0, 0.05) is 10.9 Å². The molecule has 0 amide bonds. The summed E-state index contributed by atoms with van der Waals surface area (Å²) < 4.78 is 18.2. The van der Waals surface area contributed by atoms with Crippen LogP contribution in [-0.4, -0.2) is 12.1 Å². The lowest BCUT2D eigenvalue weighted by atomic mass is 10.2. The third-order valence-corrected chi connectivity index (χ3v) is 3.40. The third-order valence-electron chi connectivity index (χ3n) is 2.46. The van der Waals surface area contributed by atoms with Gasteiger partial charge >= 0.3 is 0 Å². The van der Waals surface area contributed by atoms with Gasteiger partial charge in [-0.25, -0.2) is 9.37 Å². The molecule has 1 heterocycles. The van der Waals surface area contributed by atoms with Crippen LogP contribution in [0.2, 0.25) is 0 Å². The van der Waals surface area contributed by atoms with Gasteiger partial charge in [0.2, 0.25) is 0 Å². The molecule has 0 aliphatic rings. The molecule has 0 radical (unpaired) electrons. The number of methoxy groups -OCH3 is 1. The summed E-state index contributed by atoms with van der Waals surface area (Å²) in [4.78, 5) is 4.52. The van der Waals surface area contributed by atoms with Crippen molar-refractivity contribution in [3.8, 4) is 16.3 Å². The molecule has 1 aromatic carbocycles. The fourth-order valence-corrected chi connectivity index (χ4v) is 2.45. The van der Waals surface area contributed by atoms with Crippen molar-refractivity contribution in [3.05, 3.63) is 35.1 Å². The van der Waals surface area contributed by atoms with Crippen LogP contribution in [0.3, 0.4) is 0 Å². The highest BCUT2D eigenvalue weighted by Gasteiger charge is 2.08. The van der Waals surface area contributed by atoms with E-state index in [1.54, 1.807) is 23.5 Å². The molecule has 0 aliphatic heterocycles. The Morgan fingerprint density at radius 1 is 1.41 bits per heavy atom. The van der Waals surface area contributed by atoms with E-state index in [1.165, 1.54) is 13.2 Å². The SMILES string of the molecule is CCCc1csc(-c2ccc(F)c(OC)c2)n1. The topological polar surface area (TPSA) is 22.1 Å². The lowest BCUT2D eigenvalue weighted by Gasteiger charge is -2.03. The molecule has 0 spiro atoms. The predicted octanol–water partition coefficient (Wildman–Crippen LogP) is 3.91. The number of ether oxygens (including phenoxy) is 1. The second-order valence-electron chi connectivity index (χ2n) is 3.74. The molecule has 2 nitrogen and oxygen atoms in total. The van der Waals surface area contributed by atoms with Gasteiger partial charge in [-0.05, 0) is 24.6 Å². The van der Waals surface area contributed by atoms with Gasteiger partial charge in [-0.1, -0.05) is 13.3 Å². The van der Waals surface area contributed by atoms with Crippen molar-refractivity contribution in [2.45, 2.75) is 19.8 Å². The summed E-state index contributed by atoms with van der Waals surface area (Å²) in [5.74, 6) is -0.0867. The Kier molecular flexibility index (Phi) is 3.74. The van der Waals surface area contributed by atoms with E-state index < -0.39 is 0 Å². The van der Waals surface area contributed by atoms with Crippen molar-refractivity contribution in [1.82, 2.24) is 4.98 Å². The number of rotatable bonds is 4. The molecule has 0 N–H and O–H groups in total. The molecular weight excluding hydrogens is 237 g/mol. The van der Waals surface area contributed by atoms with Crippen LogP contribution < -0.4 is 4.74 Å². The average molecular weight is 251 g/mol. The summed E-state index contributed by atoms with van der Waals surface area (Å²) in [5, 5.41) is 2.96. The van der Waals surface area contributed by atoms with Crippen LogP contribution in [-0.2, 0) is 6.42 Å². The standard InChI is InChI=1S/C13H14FNOS/c1-3-4-10-8-17-13(15-10)9-5-6-11(14)12(7-9)16-2/h5-8H,3-4H2,1-2H3. The van der Waals surface area contributed by atoms with Crippen LogP contribution in [0.15, 0.2) is 23.6 Å². The zero-order valence-electron chi connectivity index (χ0n) is 9.87. The molecule has 1 aromatic heterocycles. The number of hydrogen-bond donors (Lipinski definition) is 0. The number of hydrogen-bond acceptors (Lipinski definition) is 3. The number of benzene rings is 1. The van der Waals surface area contributed by atoms with Gasteiger partial charge in [-0.3, -0.25) is 0 Å². The van der Waals surface area contributed by atoms with Crippen LogP contribution >= 0.6 is 11.3 Å². The van der Waals surface area contributed by atoms with E-state index in [0.717, 1.165) is 29.1 Å². The number of halogens is 1. The quantitative estimate of drug-likeness (QED) is 0.822. The molecule has 0 bridgehead atoms. The summed E-state index contributed by atoms with van der Waals surface area (Å²) >= 11 is 1.58. The maximum absolute atomic E-state index is 13.3. The minimum absolute atomic E-state index is 0.259. The minimum Gasteiger partial charge on any atom is -0.494 e.